The number of piperidine rings is 1. The number of aliphatic hydroxyl groups is 1. The highest BCUT2D eigenvalue weighted by atomic mass is 16.6. The zero-order valence-corrected chi connectivity index (χ0v) is 22.3. The van der Waals surface area contributed by atoms with Gasteiger partial charge in [-0.05, 0) is 55.9 Å². The van der Waals surface area contributed by atoms with E-state index in [2.05, 4.69) is 29.6 Å². The van der Waals surface area contributed by atoms with E-state index in [1.807, 2.05) is 45.0 Å². The van der Waals surface area contributed by atoms with Gasteiger partial charge < -0.3 is 29.5 Å². The van der Waals surface area contributed by atoms with Gasteiger partial charge in [0.1, 0.15) is 12.2 Å². The lowest BCUT2D eigenvalue weighted by Crippen LogP contribution is -2.68. The summed E-state index contributed by atoms with van der Waals surface area (Å²) < 4.78 is 17.9. The van der Waals surface area contributed by atoms with E-state index in [-0.39, 0.29) is 25.2 Å². The first kappa shape index (κ1) is 25.2. The van der Waals surface area contributed by atoms with Crippen molar-refractivity contribution in [2.75, 3.05) is 26.3 Å². The first-order chi connectivity index (χ1) is 18.1. The van der Waals surface area contributed by atoms with Crippen molar-refractivity contribution in [3.05, 3.63) is 59.7 Å². The molecule has 5 aliphatic rings. The summed E-state index contributed by atoms with van der Waals surface area (Å²) in [5.74, 6) is -0.0190. The van der Waals surface area contributed by atoms with Crippen LogP contribution in [0.5, 0.6) is 0 Å². The van der Waals surface area contributed by atoms with Crippen molar-refractivity contribution in [2.45, 2.75) is 74.7 Å². The van der Waals surface area contributed by atoms with E-state index in [0.29, 0.717) is 38.8 Å². The summed E-state index contributed by atoms with van der Waals surface area (Å²) >= 11 is 0. The monoisotopic (exact) mass is 520 g/mol. The molecule has 38 heavy (non-hydrogen) atoms. The fraction of sp³-hybridized carbons (Fsp3) is 0.533. The van der Waals surface area contributed by atoms with Gasteiger partial charge in [0.2, 0.25) is 0 Å². The standard InChI is InChI=1S/C30H36N2O6/c1-27(2,3)37-26(35)32-14-12-30(13-15-32)29(17-28(18-29,19-33)38-30)31-25(34)36-16-24-22-10-6-4-8-20(22)21-9-5-7-11-23(21)24/h4-11,24,33H,12-19H2,1-3H3,(H,31,34). The topological polar surface area (TPSA) is 97.3 Å². The summed E-state index contributed by atoms with van der Waals surface area (Å²) in [4.78, 5) is 27.5. The van der Waals surface area contributed by atoms with Gasteiger partial charge in [0.05, 0.1) is 23.3 Å². The average Bonchev–Trinajstić information content (AvgIpc) is 3.41. The number of nitrogens with zero attached hydrogens (tertiary/aromatic N) is 1. The molecule has 3 saturated heterocycles. The lowest BCUT2D eigenvalue weighted by Gasteiger charge is -2.50. The van der Waals surface area contributed by atoms with E-state index in [0.717, 1.165) is 11.1 Å². The molecule has 0 atom stereocenters. The Morgan fingerprint density at radius 1 is 1.03 bits per heavy atom. The molecule has 4 fully saturated rings. The number of benzene rings is 2. The van der Waals surface area contributed by atoms with Crippen molar-refractivity contribution >= 4 is 12.2 Å². The molecule has 0 radical (unpaired) electrons. The van der Waals surface area contributed by atoms with Gasteiger partial charge in [-0.15, -0.1) is 0 Å². The summed E-state index contributed by atoms with van der Waals surface area (Å²) in [7, 11) is 0. The molecule has 2 aromatic rings. The highest BCUT2D eigenvalue weighted by Crippen LogP contribution is 2.63. The quantitative estimate of drug-likeness (QED) is 0.612. The molecule has 1 saturated carbocycles. The van der Waals surface area contributed by atoms with Crippen molar-refractivity contribution in [1.29, 1.82) is 0 Å². The second kappa shape index (κ2) is 8.71. The van der Waals surface area contributed by atoms with Crippen LogP contribution in [0.4, 0.5) is 9.59 Å². The van der Waals surface area contributed by atoms with Gasteiger partial charge in [0.25, 0.3) is 0 Å². The van der Waals surface area contributed by atoms with E-state index in [4.69, 9.17) is 14.2 Å². The number of carbonyl (C=O) groups is 2. The number of hydrogen-bond donors (Lipinski definition) is 2. The van der Waals surface area contributed by atoms with E-state index >= 15 is 0 Å². The zero-order chi connectivity index (χ0) is 26.8. The first-order valence-electron chi connectivity index (χ1n) is 13.5. The Bertz CT molecular complexity index is 1210. The molecule has 2 aliphatic carbocycles. The molecule has 3 aliphatic heterocycles. The van der Waals surface area contributed by atoms with Crippen LogP contribution >= 0.6 is 0 Å². The van der Waals surface area contributed by atoms with Gasteiger partial charge in [0.15, 0.2) is 0 Å². The van der Waals surface area contributed by atoms with Crippen LogP contribution in [0.3, 0.4) is 0 Å². The predicted octanol–water partition coefficient (Wildman–Crippen LogP) is 4.59. The summed E-state index contributed by atoms with van der Waals surface area (Å²) in [5, 5.41) is 13.2. The molecular weight excluding hydrogens is 484 g/mol. The summed E-state index contributed by atoms with van der Waals surface area (Å²) in [6.07, 6.45) is 1.36. The van der Waals surface area contributed by atoms with Crippen LogP contribution < -0.4 is 5.32 Å². The van der Waals surface area contributed by atoms with Gasteiger partial charge >= 0.3 is 12.2 Å². The highest BCUT2D eigenvalue weighted by Gasteiger charge is 2.75. The summed E-state index contributed by atoms with van der Waals surface area (Å²) in [5.41, 5.74) is 2.20. The largest absolute Gasteiger partial charge is 0.449 e. The SMILES string of the molecule is CC(C)(C)OC(=O)N1CCC2(CC1)OC1(CO)CC2(NC(=O)OCC2c3ccccc3-c3ccccc32)C1. The third-order valence-corrected chi connectivity index (χ3v) is 8.73. The van der Waals surface area contributed by atoms with Gasteiger partial charge in [0, 0.05) is 31.8 Å². The Balaban J connectivity index is 1.14. The maximum absolute atomic E-state index is 13.2. The van der Waals surface area contributed by atoms with Crippen molar-refractivity contribution in [1.82, 2.24) is 10.2 Å². The third kappa shape index (κ3) is 3.96. The fourth-order valence-corrected chi connectivity index (χ4v) is 7.09. The minimum atomic E-state index is -0.653. The molecule has 7 rings (SSSR count). The highest BCUT2D eigenvalue weighted by molar-refractivity contribution is 5.79. The minimum absolute atomic E-state index is 0.0190. The van der Waals surface area contributed by atoms with Crippen molar-refractivity contribution in [2.24, 2.45) is 0 Å². The number of nitrogens with one attached hydrogen (secondary N) is 1. The number of fused-ring (bicyclic) bond motifs is 3. The fourth-order valence-electron chi connectivity index (χ4n) is 7.09. The number of carbonyl (C=O) groups excluding carboxylic acids is 2. The molecular formula is C30H36N2O6. The molecule has 8 nitrogen and oxygen atoms in total. The van der Waals surface area contributed by atoms with Crippen LogP contribution in [-0.2, 0) is 14.2 Å². The molecule has 8 heteroatoms. The zero-order valence-electron chi connectivity index (χ0n) is 22.3. The molecule has 2 N–H and O–H groups in total. The Kier molecular flexibility index (Phi) is 5.78. The maximum atomic E-state index is 13.2. The second-order valence-electron chi connectivity index (χ2n) is 12.3. The van der Waals surface area contributed by atoms with Gasteiger partial charge in [-0.2, -0.15) is 0 Å². The Labute approximate surface area is 223 Å². The van der Waals surface area contributed by atoms with Gasteiger partial charge in [-0.3, -0.25) is 0 Å². The number of likely N-dealkylation sites (tertiary alicyclic amines) is 1. The number of alkyl carbamates (subject to hydrolysis) is 1. The van der Waals surface area contributed by atoms with Crippen LogP contribution in [-0.4, -0.2) is 70.8 Å². The molecule has 202 valence electrons. The van der Waals surface area contributed by atoms with Crippen molar-refractivity contribution in [3.8, 4) is 11.1 Å². The average molecular weight is 521 g/mol. The van der Waals surface area contributed by atoms with Crippen LogP contribution in [0.15, 0.2) is 48.5 Å². The molecule has 0 unspecified atom stereocenters. The molecule has 2 aromatic carbocycles. The molecule has 2 bridgehead atoms. The van der Waals surface area contributed by atoms with E-state index in [1.165, 1.54) is 11.1 Å². The number of ether oxygens (including phenoxy) is 3. The smallest absolute Gasteiger partial charge is 0.410 e. The van der Waals surface area contributed by atoms with Crippen molar-refractivity contribution in [3.63, 3.8) is 0 Å². The van der Waals surface area contributed by atoms with Crippen LogP contribution in [0, 0.1) is 0 Å². The maximum Gasteiger partial charge on any atom is 0.410 e. The lowest BCUT2D eigenvalue weighted by molar-refractivity contribution is -0.114. The molecule has 0 aromatic heterocycles. The summed E-state index contributed by atoms with van der Waals surface area (Å²) in [6.45, 7) is 6.62. The Hall–Kier alpha value is -3.10. The number of hydrogen-bond acceptors (Lipinski definition) is 6. The third-order valence-electron chi connectivity index (χ3n) is 8.73. The lowest BCUT2D eigenvalue weighted by atomic mass is 9.60. The van der Waals surface area contributed by atoms with Crippen molar-refractivity contribution < 1.29 is 28.9 Å². The van der Waals surface area contributed by atoms with Crippen LogP contribution in [0.1, 0.15) is 63.5 Å². The van der Waals surface area contributed by atoms with E-state index in [1.54, 1.807) is 4.90 Å². The van der Waals surface area contributed by atoms with Crippen LogP contribution in [0.2, 0.25) is 0 Å². The first-order valence-corrected chi connectivity index (χ1v) is 13.5. The minimum Gasteiger partial charge on any atom is -0.449 e. The second-order valence-corrected chi connectivity index (χ2v) is 12.3. The number of amides is 2. The number of aliphatic hydroxyl groups excluding tert-OH is 1. The molecule has 3 heterocycles. The van der Waals surface area contributed by atoms with Gasteiger partial charge in [-0.25, -0.2) is 9.59 Å². The Morgan fingerprint density at radius 3 is 2.16 bits per heavy atom. The molecule has 1 spiro atoms. The predicted molar refractivity (Wildman–Crippen MR) is 141 cm³/mol. The van der Waals surface area contributed by atoms with Gasteiger partial charge in [-0.1, -0.05) is 48.5 Å². The van der Waals surface area contributed by atoms with E-state index in [9.17, 15) is 14.7 Å². The molecule has 2 amide bonds. The van der Waals surface area contributed by atoms with Crippen LogP contribution in [0.25, 0.3) is 11.1 Å². The summed E-state index contributed by atoms with van der Waals surface area (Å²) in [6, 6.07) is 16.5. The number of rotatable bonds is 4. The normalized spacial score (nSPS) is 26.9. The Morgan fingerprint density at radius 2 is 1.61 bits per heavy atom. The van der Waals surface area contributed by atoms with E-state index < -0.39 is 28.4 Å².